The average molecular weight is 267 g/mol. The van der Waals surface area contributed by atoms with Crippen molar-refractivity contribution < 1.29 is 14.5 Å². The van der Waals surface area contributed by atoms with Crippen molar-refractivity contribution in [2.75, 3.05) is 0 Å². The Morgan fingerprint density at radius 3 is 2.35 bits per heavy atom. The fourth-order valence-corrected chi connectivity index (χ4v) is 2.18. The third-order valence-corrected chi connectivity index (χ3v) is 3.03. The Labute approximate surface area is 114 Å². The normalized spacial score (nSPS) is 15.5. The van der Waals surface area contributed by atoms with E-state index in [2.05, 4.69) is 0 Å². The van der Waals surface area contributed by atoms with Crippen LogP contribution < -0.4 is 4.74 Å². The Morgan fingerprint density at radius 2 is 1.65 bits per heavy atom. The maximum atomic E-state index is 12.0. The molecule has 2 aromatic carbocycles. The molecule has 98 valence electrons. The molecule has 0 saturated carbocycles. The fraction of sp³-hybridized carbons (Fsp3) is 0. The summed E-state index contributed by atoms with van der Waals surface area (Å²) >= 11 is 0. The van der Waals surface area contributed by atoms with Crippen LogP contribution in [0.1, 0.15) is 11.1 Å². The van der Waals surface area contributed by atoms with Gasteiger partial charge in [-0.05, 0) is 18.2 Å². The number of benzene rings is 2. The van der Waals surface area contributed by atoms with Crippen LogP contribution in [0.2, 0.25) is 0 Å². The zero-order chi connectivity index (χ0) is 14.1. The van der Waals surface area contributed by atoms with E-state index in [4.69, 9.17) is 4.74 Å². The molecule has 0 atom stereocenters. The summed E-state index contributed by atoms with van der Waals surface area (Å²) in [4.78, 5) is 22.8. The van der Waals surface area contributed by atoms with E-state index in [-0.39, 0.29) is 11.3 Å². The molecule has 0 N–H and O–H groups in total. The summed E-state index contributed by atoms with van der Waals surface area (Å²) in [5.41, 5.74) is 0.589. The highest BCUT2D eigenvalue weighted by Gasteiger charge is 2.36. The molecule has 0 aromatic heterocycles. The van der Waals surface area contributed by atoms with Crippen molar-refractivity contribution in [2.45, 2.75) is 0 Å². The highest BCUT2D eigenvalue weighted by Crippen LogP contribution is 2.38. The van der Waals surface area contributed by atoms with Crippen molar-refractivity contribution in [3.8, 4) is 5.75 Å². The lowest BCUT2D eigenvalue weighted by Gasteiger charge is -2.01. The van der Waals surface area contributed by atoms with Crippen LogP contribution in [0.3, 0.4) is 0 Å². The molecule has 0 aliphatic carbocycles. The van der Waals surface area contributed by atoms with Crippen LogP contribution >= 0.6 is 0 Å². The number of esters is 1. The molecule has 0 amide bonds. The molecule has 0 spiro atoms. The molecule has 1 aliphatic rings. The predicted octanol–water partition coefficient (Wildman–Crippen LogP) is 2.75. The summed E-state index contributed by atoms with van der Waals surface area (Å²) in [5, 5.41) is 11.4. The van der Waals surface area contributed by atoms with Gasteiger partial charge in [0.25, 0.3) is 5.70 Å². The second-order valence-electron chi connectivity index (χ2n) is 4.23. The lowest BCUT2D eigenvalue weighted by atomic mass is 10.0. The van der Waals surface area contributed by atoms with E-state index in [1.165, 1.54) is 0 Å². The topological polar surface area (TPSA) is 69.4 Å². The summed E-state index contributed by atoms with van der Waals surface area (Å²) in [6, 6.07) is 15.0. The van der Waals surface area contributed by atoms with Gasteiger partial charge in [0.05, 0.1) is 10.5 Å². The number of nitro groups is 1. The van der Waals surface area contributed by atoms with Gasteiger partial charge in [-0.25, -0.2) is 4.79 Å². The second kappa shape index (κ2) is 4.62. The predicted molar refractivity (Wildman–Crippen MR) is 72.3 cm³/mol. The van der Waals surface area contributed by atoms with E-state index < -0.39 is 10.9 Å². The first-order chi connectivity index (χ1) is 9.68. The van der Waals surface area contributed by atoms with Crippen LogP contribution in [-0.2, 0) is 4.79 Å². The molecule has 1 heterocycles. The maximum absolute atomic E-state index is 12.0. The number of ether oxygens (including phenoxy) is 1. The fourth-order valence-electron chi connectivity index (χ4n) is 2.18. The van der Waals surface area contributed by atoms with Gasteiger partial charge in [-0.15, -0.1) is 0 Å². The Morgan fingerprint density at radius 1 is 1.00 bits per heavy atom. The van der Waals surface area contributed by atoms with E-state index >= 15 is 0 Å². The first-order valence-corrected chi connectivity index (χ1v) is 5.94. The first kappa shape index (κ1) is 12.1. The Kier molecular flexibility index (Phi) is 2.80. The molecule has 5 heteroatoms. The van der Waals surface area contributed by atoms with Crippen molar-refractivity contribution in [1.29, 1.82) is 0 Å². The summed E-state index contributed by atoms with van der Waals surface area (Å²) in [5.74, 6) is -0.343. The van der Waals surface area contributed by atoms with Crippen molar-refractivity contribution in [2.24, 2.45) is 0 Å². The van der Waals surface area contributed by atoms with Crippen molar-refractivity contribution in [1.82, 2.24) is 0 Å². The summed E-state index contributed by atoms with van der Waals surface area (Å²) in [6.07, 6.45) is 0. The van der Waals surface area contributed by atoms with Gasteiger partial charge in [-0.3, -0.25) is 10.1 Å². The highest BCUT2D eigenvalue weighted by atomic mass is 16.6. The quantitative estimate of drug-likeness (QED) is 0.276. The largest absolute Gasteiger partial charge is 0.422 e. The lowest BCUT2D eigenvalue weighted by Crippen LogP contribution is -2.08. The highest BCUT2D eigenvalue weighted by molar-refractivity contribution is 6.27. The van der Waals surface area contributed by atoms with Gasteiger partial charge in [0.15, 0.2) is 0 Å². The van der Waals surface area contributed by atoms with E-state index in [9.17, 15) is 14.9 Å². The van der Waals surface area contributed by atoms with Crippen LogP contribution in [0.4, 0.5) is 0 Å². The van der Waals surface area contributed by atoms with E-state index in [1.807, 2.05) is 0 Å². The van der Waals surface area contributed by atoms with E-state index in [0.29, 0.717) is 16.9 Å². The van der Waals surface area contributed by atoms with Crippen LogP contribution in [0.15, 0.2) is 54.6 Å². The van der Waals surface area contributed by atoms with Gasteiger partial charge in [0.1, 0.15) is 11.3 Å². The second-order valence-corrected chi connectivity index (χ2v) is 4.23. The molecule has 5 nitrogen and oxygen atoms in total. The monoisotopic (exact) mass is 267 g/mol. The molecular weight excluding hydrogens is 258 g/mol. The van der Waals surface area contributed by atoms with Crippen LogP contribution in [0.5, 0.6) is 5.75 Å². The number of rotatable bonds is 2. The van der Waals surface area contributed by atoms with Crippen LogP contribution in [-0.4, -0.2) is 10.9 Å². The van der Waals surface area contributed by atoms with Gasteiger partial charge in [-0.1, -0.05) is 36.4 Å². The van der Waals surface area contributed by atoms with E-state index in [1.54, 1.807) is 54.6 Å². The lowest BCUT2D eigenvalue weighted by molar-refractivity contribution is -0.374. The minimum absolute atomic E-state index is 0.00296. The molecule has 3 rings (SSSR count). The molecular formula is C15H9NO4. The average Bonchev–Trinajstić information content (AvgIpc) is 2.77. The zero-order valence-corrected chi connectivity index (χ0v) is 10.3. The number of carbonyl (C=O) groups is 1. The third-order valence-electron chi connectivity index (χ3n) is 3.03. The zero-order valence-electron chi connectivity index (χ0n) is 10.3. The van der Waals surface area contributed by atoms with Gasteiger partial charge in [0, 0.05) is 5.56 Å². The Balaban J connectivity index is 2.30. The first-order valence-electron chi connectivity index (χ1n) is 5.94. The molecule has 0 saturated heterocycles. The number of fused-ring (bicyclic) bond motifs is 1. The molecule has 0 radical (unpaired) electrons. The van der Waals surface area contributed by atoms with Gasteiger partial charge < -0.3 is 4.74 Å². The maximum Gasteiger partial charge on any atom is 0.351 e. The van der Waals surface area contributed by atoms with E-state index in [0.717, 1.165) is 0 Å². The summed E-state index contributed by atoms with van der Waals surface area (Å²) in [7, 11) is 0. The van der Waals surface area contributed by atoms with Crippen LogP contribution in [0, 0.1) is 10.1 Å². The number of hydrogen-bond acceptors (Lipinski definition) is 4. The Hall–Kier alpha value is -2.95. The van der Waals surface area contributed by atoms with Crippen molar-refractivity contribution in [3.63, 3.8) is 0 Å². The van der Waals surface area contributed by atoms with Crippen molar-refractivity contribution in [3.05, 3.63) is 75.8 Å². The van der Waals surface area contributed by atoms with Crippen LogP contribution in [0.25, 0.3) is 11.3 Å². The summed E-state index contributed by atoms with van der Waals surface area (Å²) < 4.78 is 5.07. The number of hydrogen-bond donors (Lipinski definition) is 0. The number of nitrogens with zero attached hydrogens (tertiary/aromatic N) is 1. The number of carbonyl (C=O) groups excluding carboxylic acids is 1. The minimum Gasteiger partial charge on any atom is -0.422 e. The smallest absolute Gasteiger partial charge is 0.351 e. The number of para-hydroxylation sites is 1. The third kappa shape index (κ3) is 1.85. The molecule has 2 aromatic rings. The van der Waals surface area contributed by atoms with Gasteiger partial charge in [0.2, 0.25) is 0 Å². The molecule has 0 fully saturated rings. The van der Waals surface area contributed by atoms with Crippen molar-refractivity contribution >= 4 is 17.2 Å². The molecule has 0 bridgehead atoms. The SMILES string of the molecule is O=C1Oc2ccccc2C1=C(c1ccccc1)[N+](=O)[O-]. The Bertz CT molecular complexity index is 735. The summed E-state index contributed by atoms with van der Waals surface area (Å²) in [6.45, 7) is 0. The molecule has 0 unspecified atom stereocenters. The molecule has 1 aliphatic heterocycles. The standard InChI is InChI=1S/C15H9NO4/c17-15-13(11-8-4-5-9-12(11)20-15)14(16(18)19)10-6-2-1-3-7-10/h1-9H. The van der Waals surface area contributed by atoms with Gasteiger partial charge in [-0.2, -0.15) is 0 Å². The minimum atomic E-state index is -0.693. The molecule has 20 heavy (non-hydrogen) atoms. The van der Waals surface area contributed by atoms with Gasteiger partial charge >= 0.3 is 5.97 Å².